The predicted molar refractivity (Wildman–Crippen MR) is 80.8 cm³/mol. The van der Waals surface area contributed by atoms with E-state index < -0.39 is 9.84 Å². The Morgan fingerprint density at radius 2 is 1.85 bits per heavy atom. The van der Waals surface area contributed by atoms with Gasteiger partial charge in [0.2, 0.25) is 0 Å². The molecule has 0 spiro atoms. The van der Waals surface area contributed by atoms with Gasteiger partial charge in [0.1, 0.15) is 0 Å². The minimum atomic E-state index is -3.23. The van der Waals surface area contributed by atoms with Gasteiger partial charge in [-0.15, -0.1) is 0 Å². The highest BCUT2D eigenvalue weighted by atomic mass is 32.2. The van der Waals surface area contributed by atoms with Crippen LogP contribution in [0.25, 0.3) is 0 Å². The highest BCUT2D eigenvalue weighted by Crippen LogP contribution is 2.52. The second-order valence-corrected chi connectivity index (χ2v) is 8.31. The average molecular weight is 297 g/mol. The highest BCUT2D eigenvalue weighted by molar-refractivity contribution is 7.90. The van der Waals surface area contributed by atoms with Crippen LogP contribution < -0.4 is 5.32 Å². The van der Waals surface area contributed by atoms with E-state index >= 15 is 0 Å². The third-order valence-corrected chi connectivity index (χ3v) is 6.05. The Balaban J connectivity index is 2.26. The Bertz CT molecular complexity index is 609. The minimum absolute atomic E-state index is 0.0631. The third kappa shape index (κ3) is 2.33. The Morgan fingerprint density at radius 3 is 2.35 bits per heavy atom. The zero-order chi connectivity index (χ0) is 15.2. The number of nitrogens with one attached hydrogen (secondary N) is 1. The first-order valence-electron chi connectivity index (χ1n) is 6.72. The number of sulfone groups is 1. The van der Waals surface area contributed by atoms with E-state index in [0.717, 1.165) is 6.42 Å². The predicted octanol–water partition coefficient (Wildman–Crippen LogP) is 2.71. The van der Waals surface area contributed by atoms with Crippen LogP contribution in [0.15, 0.2) is 29.2 Å². The first-order valence-corrected chi connectivity index (χ1v) is 8.62. The molecule has 0 amide bonds. The van der Waals surface area contributed by atoms with E-state index in [4.69, 9.17) is 4.74 Å². The van der Waals surface area contributed by atoms with E-state index in [2.05, 4.69) is 26.1 Å². The number of methoxy groups -OCH3 is 1. The molecule has 1 aromatic rings. The summed E-state index contributed by atoms with van der Waals surface area (Å²) in [6.45, 7) is 6.37. The van der Waals surface area contributed by atoms with Gasteiger partial charge >= 0.3 is 0 Å². The van der Waals surface area contributed by atoms with Gasteiger partial charge in [-0.3, -0.25) is 0 Å². The lowest BCUT2D eigenvalue weighted by molar-refractivity contribution is -0.166. The van der Waals surface area contributed by atoms with Crippen LogP contribution in [-0.4, -0.2) is 33.4 Å². The number of benzene rings is 1. The van der Waals surface area contributed by atoms with Crippen molar-refractivity contribution >= 4 is 15.5 Å². The molecule has 0 aliphatic heterocycles. The van der Waals surface area contributed by atoms with Crippen molar-refractivity contribution in [2.24, 2.45) is 5.41 Å². The maximum absolute atomic E-state index is 11.8. The summed E-state index contributed by atoms with van der Waals surface area (Å²) < 4.78 is 29.2. The zero-order valence-electron chi connectivity index (χ0n) is 12.7. The van der Waals surface area contributed by atoms with E-state index in [1.807, 2.05) is 12.1 Å². The number of para-hydroxylation sites is 1. The Labute approximate surface area is 121 Å². The van der Waals surface area contributed by atoms with Gasteiger partial charge < -0.3 is 10.1 Å². The molecule has 112 valence electrons. The molecule has 1 saturated carbocycles. The minimum Gasteiger partial charge on any atom is -0.380 e. The van der Waals surface area contributed by atoms with Gasteiger partial charge in [-0.05, 0) is 25.5 Å². The number of hydrogen-bond acceptors (Lipinski definition) is 4. The van der Waals surface area contributed by atoms with Gasteiger partial charge in [0.15, 0.2) is 9.84 Å². The molecule has 1 fully saturated rings. The SMILES string of the molecule is CO[C@@]1(C)C[C@H](Nc2ccccc2S(C)(=O)=O)C1(C)C. The van der Waals surface area contributed by atoms with Gasteiger partial charge in [0.25, 0.3) is 0 Å². The summed E-state index contributed by atoms with van der Waals surface area (Å²) in [7, 11) is -1.50. The molecule has 0 aromatic heterocycles. The summed E-state index contributed by atoms with van der Waals surface area (Å²) in [4.78, 5) is 0.349. The van der Waals surface area contributed by atoms with Crippen molar-refractivity contribution < 1.29 is 13.2 Å². The lowest BCUT2D eigenvalue weighted by atomic mass is 9.56. The third-order valence-electron chi connectivity index (χ3n) is 4.89. The Kier molecular flexibility index (Phi) is 3.63. The molecule has 1 aliphatic carbocycles. The van der Waals surface area contributed by atoms with Crippen molar-refractivity contribution in [1.29, 1.82) is 0 Å². The van der Waals surface area contributed by atoms with Crippen molar-refractivity contribution in [3.8, 4) is 0 Å². The summed E-state index contributed by atoms with van der Waals surface area (Å²) >= 11 is 0. The van der Waals surface area contributed by atoms with E-state index in [9.17, 15) is 8.42 Å². The Hall–Kier alpha value is -1.07. The van der Waals surface area contributed by atoms with Crippen LogP contribution in [0, 0.1) is 5.41 Å². The molecule has 0 bridgehead atoms. The zero-order valence-corrected chi connectivity index (χ0v) is 13.5. The molecule has 1 N–H and O–H groups in total. The van der Waals surface area contributed by atoms with Crippen LogP contribution in [-0.2, 0) is 14.6 Å². The van der Waals surface area contributed by atoms with Crippen molar-refractivity contribution in [2.45, 2.75) is 43.7 Å². The molecule has 5 heteroatoms. The summed E-state index contributed by atoms with van der Waals surface area (Å²) in [6, 6.07) is 7.23. The summed E-state index contributed by atoms with van der Waals surface area (Å²) in [5.41, 5.74) is 0.433. The van der Waals surface area contributed by atoms with E-state index in [1.54, 1.807) is 19.2 Å². The topological polar surface area (TPSA) is 55.4 Å². The lowest BCUT2D eigenvalue weighted by Gasteiger charge is -2.59. The molecule has 0 heterocycles. The van der Waals surface area contributed by atoms with Gasteiger partial charge in [0, 0.05) is 24.8 Å². The quantitative estimate of drug-likeness (QED) is 0.928. The van der Waals surface area contributed by atoms with Crippen LogP contribution in [0.1, 0.15) is 27.2 Å². The monoisotopic (exact) mass is 297 g/mol. The van der Waals surface area contributed by atoms with Crippen LogP contribution in [0.2, 0.25) is 0 Å². The fourth-order valence-electron chi connectivity index (χ4n) is 2.82. The van der Waals surface area contributed by atoms with Crippen molar-refractivity contribution in [3.63, 3.8) is 0 Å². The smallest absolute Gasteiger partial charge is 0.177 e. The molecule has 20 heavy (non-hydrogen) atoms. The van der Waals surface area contributed by atoms with Crippen molar-refractivity contribution in [3.05, 3.63) is 24.3 Å². The van der Waals surface area contributed by atoms with Gasteiger partial charge in [-0.2, -0.15) is 0 Å². The average Bonchev–Trinajstić information content (AvgIpc) is 2.37. The fraction of sp³-hybridized carbons (Fsp3) is 0.600. The fourth-order valence-corrected chi connectivity index (χ4v) is 3.67. The lowest BCUT2D eigenvalue weighted by Crippen LogP contribution is -2.65. The molecule has 1 aliphatic rings. The van der Waals surface area contributed by atoms with E-state index in [0.29, 0.717) is 10.6 Å². The first kappa shape index (κ1) is 15.3. The highest BCUT2D eigenvalue weighted by Gasteiger charge is 2.57. The second kappa shape index (κ2) is 4.74. The standard InChI is InChI=1S/C15H23NO3S/c1-14(2)13(10-15(14,3)19-4)16-11-8-6-7-9-12(11)20(5,17)18/h6-9,13,16H,10H2,1-5H3/t13-,15-/m0/s1. The van der Waals surface area contributed by atoms with Crippen LogP contribution in [0.5, 0.6) is 0 Å². The second-order valence-electron chi connectivity index (χ2n) is 6.33. The van der Waals surface area contributed by atoms with Crippen LogP contribution in [0.3, 0.4) is 0 Å². The maximum atomic E-state index is 11.8. The molecule has 4 nitrogen and oxygen atoms in total. The van der Waals surface area contributed by atoms with E-state index in [-0.39, 0.29) is 17.1 Å². The molecule has 0 saturated heterocycles. The number of ether oxygens (including phenoxy) is 1. The summed E-state index contributed by atoms with van der Waals surface area (Å²) in [6.07, 6.45) is 2.09. The molecule has 0 unspecified atom stereocenters. The number of hydrogen-bond donors (Lipinski definition) is 1. The normalized spacial score (nSPS) is 28.8. The van der Waals surface area contributed by atoms with Crippen molar-refractivity contribution in [2.75, 3.05) is 18.7 Å². The molecule has 2 atom stereocenters. The largest absolute Gasteiger partial charge is 0.380 e. The molecular weight excluding hydrogens is 274 g/mol. The summed E-state index contributed by atoms with van der Waals surface area (Å²) in [5, 5.41) is 3.37. The number of rotatable bonds is 4. The van der Waals surface area contributed by atoms with Gasteiger partial charge in [-0.1, -0.05) is 26.0 Å². The summed E-state index contributed by atoms with van der Waals surface area (Å²) in [5.74, 6) is 0. The van der Waals surface area contributed by atoms with Gasteiger partial charge in [0.05, 0.1) is 16.2 Å². The van der Waals surface area contributed by atoms with Crippen LogP contribution >= 0.6 is 0 Å². The molecular formula is C15H23NO3S. The number of anilines is 1. The maximum Gasteiger partial charge on any atom is 0.177 e. The molecule has 1 aromatic carbocycles. The Morgan fingerprint density at radius 1 is 1.25 bits per heavy atom. The molecule has 2 rings (SSSR count). The van der Waals surface area contributed by atoms with E-state index in [1.165, 1.54) is 6.26 Å². The van der Waals surface area contributed by atoms with Gasteiger partial charge in [-0.25, -0.2) is 8.42 Å². The molecule has 0 radical (unpaired) electrons. The van der Waals surface area contributed by atoms with Crippen LogP contribution in [0.4, 0.5) is 5.69 Å². The van der Waals surface area contributed by atoms with Crippen molar-refractivity contribution in [1.82, 2.24) is 0 Å². The first-order chi connectivity index (χ1) is 9.12.